The molecule has 0 heterocycles. The maximum Gasteiger partial charge on any atom is 0.361 e. The van der Waals surface area contributed by atoms with Gasteiger partial charge in [-0.1, -0.05) is 232 Å². The van der Waals surface area contributed by atoms with Crippen LogP contribution in [0.1, 0.15) is 219 Å². The molecule has 9 nitrogen and oxygen atoms in total. The summed E-state index contributed by atoms with van der Waals surface area (Å²) in [5.74, 6) is -2.12. The molecule has 2 atom stereocenters. The van der Waals surface area contributed by atoms with Gasteiger partial charge in [0.1, 0.15) is 13.2 Å². The zero-order valence-electron chi connectivity index (χ0n) is 47.3. The minimum atomic E-state index is -1.53. The Morgan fingerprint density at radius 2 is 0.767 bits per heavy atom. The molecule has 1 N–H and O–H groups in total. The van der Waals surface area contributed by atoms with E-state index in [0.717, 1.165) is 77.0 Å². The van der Waals surface area contributed by atoms with Gasteiger partial charge in [0.25, 0.3) is 6.29 Å². The number of carboxylic acids is 1. The average molecular weight is 1020 g/mol. The highest BCUT2D eigenvalue weighted by Crippen LogP contribution is 2.16. The van der Waals surface area contributed by atoms with E-state index in [1.807, 2.05) is 33.3 Å². The Morgan fingerprint density at radius 1 is 0.411 bits per heavy atom. The average Bonchev–Trinajstić information content (AvgIpc) is 3.36. The van der Waals surface area contributed by atoms with Gasteiger partial charge in [-0.2, -0.15) is 0 Å². The lowest BCUT2D eigenvalue weighted by atomic mass is 10.0. The SMILES string of the molecule is CC/C=C\C/C=C\C/C=C\C/C=C\C/C=C\CCCCCCCCCCCCCCCCCCCCCC(=O)OC(COC(=O)CC/C=C\C/C=C\C/C=C\C/C=C\CC)COC(OCC[N+](C)(C)C)C(=O)O. The number of ether oxygens (including phenoxy) is 4. The lowest BCUT2D eigenvalue weighted by Crippen LogP contribution is -2.40. The topological polar surface area (TPSA) is 108 Å². The normalized spacial score (nSPS) is 13.6. The van der Waals surface area contributed by atoms with Gasteiger partial charge in [0.2, 0.25) is 0 Å². The third-order valence-corrected chi connectivity index (χ3v) is 12.0. The van der Waals surface area contributed by atoms with Gasteiger partial charge in [0.15, 0.2) is 6.10 Å². The number of unbranched alkanes of at least 4 members (excludes halogenated alkanes) is 19. The first-order chi connectivity index (χ1) is 35.6. The van der Waals surface area contributed by atoms with Crippen LogP contribution in [0.25, 0.3) is 0 Å². The minimum absolute atomic E-state index is 0.174. The van der Waals surface area contributed by atoms with Crippen LogP contribution in [0.4, 0.5) is 0 Å². The summed E-state index contributed by atoms with van der Waals surface area (Å²) in [6.07, 6.45) is 72.1. The summed E-state index contributed by atoms with van der Waals surface area (Å²) >= 11 is 0. The van der Waals surface area contributed by atoms with E-state index >= 15 is 0 Å². The van der Waals surface area contributed by atoms with Crippen LogP contribution in [-0.2, 0) is 33.3 Å². The van der Waals surface area contributed by atoms with Gasteiger partial charge in [-0.25, -0.2) is 4.79 Å². The number of quaternary nitrogens is 1. The molecule has 0 amide bonds. The van der Waals surface area contributed by atoms with Gasteiger partial charge < -0.3 is 28.5 Å². The number of hydrogen-bond acceptors (Lipinski definition) is 7. The van der Waals surface area contributed by atoms with Crippen LogP contribution in [0.3, 0.4) is 0 Å². The van der Waals surface area contributed by atoms with Crippen LogP contribution in [0.15, 0.2) is 109 Å². The molecular formula is C64H108NO8+. The molecule has 416 valence electrons. The second-order valence-electron chi connectivity index (χ2n) is 20.2. The van der Waals surface area contributed by atoms with Crippen molar-refractivity contribution in [3.63, 3.8) is 0 Å². The van der Waals surface area contributed by atoms with E-state index in [9.17, 15) is 19.5 Å². The highest BCUT2D eigenvalue weighted by molar-refractivity contribution is 5.71. The molecule has 9 heteroatoms. The van der Waals surface area contributed by atoms with E-state index in [1.54, 1.807) is 0 Å². The summed E-state index contributed by atoms with van der Waals surface area (Å²) in [6.45, 7) is 4.55. The van der Waals surface area contributed by atoms with E-state index in [4.69, 9.17) is 18.9 Å². The summed E-state index contributed by atoms with van der Waals surface area (Å²) in [4.78, 5) is 37.3. The second-order valence-corrected chi connectivity index (χ2v) is 20.2. The van der Waals surface area contributed by atoms with Crippen molar-refractivity contribution in [2.45, 2.75) is 232 Å². The van der Waals surface area contributed by atoms with Crippen LogP contribution in [0, 0.1) is 0 Å². The van der Waals surface area contributed by atoms with Crippen LogP contribution >= 0.6 is 0 Å². The predicted octanol–water partition coefficient (Wildman–Crippen LogP) is 17.1. The van der Waals surface area contributed by atoms with Crippen molar-refractivity contribution in [2.24, 2.45) is 0 Å². The van der Waals surface area contributed by atoms with Gasteiger partial charge in [-0.05, 0) is 83.5 Å². The molecule has 2 unspecified atom stereocenters. The van der Waals surface area contributed by atoms with Crippen molar-refractivity contribution in [3.05, 3.63) is 109 Å². The molecule has 73 heavy (non-hydrogen) atoms. The largest absolute Gasteiger partial charge is 0.477 e. The van der Waals surface area contributed by atoms with E-state index in [0.29, 0.717) is 23.9 Å². The van der Waals surface area contributed by atoms with Crippen molar-refractivity contribution in [3.8, 4) is 0 Å². The summed E-state index contributed by atoms with van der Waals surface area (Å²) in [6, 6.07) is 0. The van der Waals surface area contributed by atoms with Crippen molar-refractivity contribution < 1.29 is 42.9 Å². The predicted molar refractivity (Wildman–Crippen MR) is 308 cm³/mol. The molecule has 0 bridgehead atoms. The first kappa shape index (κ1) is 69.0. The monoisotopic (exact) mass is 1020 g/mol. The molecule has 0 aromatic heterocycles. The number of carbonyl (C=O) groups excluding carboxylic acids is 2. The van der Waals surface area contributed by atoms with Gasteiger partial charge in [0, 0.05) is 12.8 Å². The number of esters is 2. The third-order valence-electron chi connectivity index (χ3n) is 12.0. The smallest absolute Gasteiger partial charge is 0.361 e. The molecular weight excluding hydrogens is 911 g/mol. The Kier molecular flexibility index (Phi) is 51.2. The first-order valence-corrected chi connectivity index (χ1v) is 29.1. The number of aliphatic carboxylic acids is 1. The number of likely N-dealkylation sites (N-methyl/N-ethyl adjacent to an activating group) is 1. The highest BCUT2D eigenvalue weighted by atomic mass is 16.7. The van der Waals surface area contributed by atoms with Gasteiger partial charge in [-0.3, -0.25) is 9.59 Å². The lowest BCUT2D eigenvalue weighted by Gasteiger charge is -2.25. The summed E-state index contributed by atoms with van der Waals surface area (Å²) < 4.78 is 22.7. The number of carbonyl (C=O) groups is 3. The Morgan fingerprint density at radius 3 is 1.15 bits per heavy atom. The van der Waals surface area contributed by atoms with Gasteiger partial charge in [-0.15, -0.1) is 0 Å². The summed E-state index contributed by atoms with van der Waals surface area (Å²) in [7, 11) is 5.94. The number of nitrogens with zero attached hydrogens (tertiary/aromatic N) is 1. The standard InChI is InChI=1S/C64H107NO8/c1-6-8-10-12-14-16-18-20-21-22-23-24-25-26-27-28-29-30-31-32-33-34-35-36-37-38-39-40-41-43-45-47-49-51-53-55-62(67)73-60(59-72-64(63(68)69)70-57-56-65(3,4)5)58-71-61(66)54-52-50-48-46-44-42-19-17-15-13-11-9-7-2/h8-11,14-17,20-21,23-24,26-27,42,44,48,50,60,64H,6-7,12-13,18-19,22,25,28-41,43,45-47,49,51-59H2,1-5H3/p+1/b10-8-,11-9-,16-14-,17-15-,21-20-,24-23-,27-26-,44-42-,50-48-. The van der Waals surface area contributed by atoms with E-state index < -0.39 is 30.3 Å². The zero-order valence-corrected chi connectivity index (χ0v) is 47.3. The Bertz CT molecular complexity index is 1560. The summed E-state index contributed by atoms with van der Waals surface area (Å²) in [5, 5.41) is 9.68. The van der Waals surface area contributed by atoms with E-state index in [2.05, 4.69) is 111 Å². The van der Waals surface area contributed by atoms with Crippen LogP contribution < -0.4 is 0 Å². The van der Waals surface area contributed by atoms with Gasteiger partial charge >= 0.3 is 17.9 Å². The van der Waals surface area contributed by atoms with Crippen molar-refractivity contribution >= 4 is 17.9 Å². The molecule has 0 saturated heterocycles. The molecule has 0 aliphatic carbocycles. The number of carboxylic acid groups (broad SMARTS) is 1. The molecule has 0 aromatic rings. The van der Waals surface area contributed by atoms with Crippen molar-refractivity contribution in [1.29, 1.82) is 0 Å². The Balaban J connectivity index is 4.10. The molecule has 0 aromatic carbocycles. The van der Waals surface area contributed by atoms with E-state index in [-0.39, 0.29) is 32.7 Å². The van der Waals surface area contributed by atoms with E-state index in [1.165, 1.54) is 103 Å². The zero-order chi connectivity index (χ0) is 53.4. The molecule has 0 aliphatic heterocycles. The quantitative estimate of drug-likeness (QED) is 0.0211. The first-order valence-electron chi connectivity index (χ1n) is 29.1. The van der Waals surface area contributed by atoms with Crippen molar-refractivity contribution in [1.82, 2.24) is 0 Å². The van der Waals surface area contributed by atoms with Gasteiger partial charge in [0.05, 0.1) is 34.4 Å². The molecule has 0 spiro atoms. The maximum absolute atomic E-state index is 12.9. The molecule has 0 fully saturated rings. The number of rotatable bonds is 52. The molecule has 0 aliphatic rings. The number of hydrogen-bond donors (Lipinski definition) is 1. The fourth-order valence-corrected chi connectivity index (χ4v) is 7.64. The van der Waals surface area contributed by atoms with Crippen LogP contribution in [0.5, 0.6) is 0 Å². The van der Waals surface area contributed by atoms with Crippen LogP contribution in [-0.4, -0.2) is 87.4 Å². The molecule has 0 radical (unpaired) electrons. The third kappa shape index (κ3) is 55.5. The Hall–Kier alpha value is -4.05. The molecule has 0 saturated carbocycles. The van der Waals surface area contributed by atoms with Crippen LogP contribution in [0.2, 0.25) is 0 Å². The Labute approximate surface area is 447 Å². The second kappa shape index (κ2) is 54.2. The fourth-order valence-electron chi connectivity index (χ4n) is 7.64. The fraction of sp³-hybridized carbons (Fsp3) is 0.672. The van der Waals surface area contributed by atoms with Crippen molar-refractivity contribution in [2.75, 3.05) is 47.5 Å². The maximum atomic E-state index is 12.9. The molecule has 0 rings (SSSR count). The summed E-state index contributed by atoms with van der Waals surface area (Å²) in [5.41, 5.74) is 0. The lowest BCUT2D eigenvalue weighted by molar-refractivity contribution is -0.870. The highest BCUT2D eigenvalue weighted by Gasteiger charge is 2.25. The minimum Gasteiger partial charge on any atom is -0.477 e. The number of allylic oxidation sites excluding steroid dienone is 18.